The van der Waals surface area contributed by atoms with Gasteiger partial charge < -0.3 is 4.90 Å². The second-order valence-electron chi connectivity index (χ2n) is 4.08. The van der Waals surface area contributed by atoms with Gasteiger partial charge in [0.25, 0.3) is 0 Å². The highest BCUT2D eigenvalue weighted by Gasteiger charge is 2.23. The fraction of sp³-hybridized carbons (Fsp3) is 0.727. The largest absolute Gasteiger partial charge is 0.345 e. The first-order valence-corrected chi connectivity index (χ1v) is 7.36. The van der Waals surface area contributed by atoms with Gasteiger partial charge in [-0.05, 0) is 41.6 Å². The van der Waals surface area contributed by atoms with Crippen molar-refractivity contribution in [3.8, 4) is 0 Å². The Morgan fingerprint density at radius 3 is 3.13 bits per heavy atom. The van der Waals surface area contributed by atoms with Gasteiger partial charge in [0.05, 0.1) is 0 Å². The highest BCUT2D eigenvalue weighted by atomic mass is 79.9. The molecular formula is C11H17BrN2S. The van der Waals surface area contributed by atoms with Gasteiger partial charge >= 0.3 is 0 Å². The number of hydrogen-bond acceptors (Lipinski definition) is 3. The van der Waals surface area contributed by atoms with Gasteiger partial charge in [-0.25, -0.2) is 4.98 Å². The molecule has 2 nitrogen and oxygen atoms in total. The molecule has 1 aliphatic rings. The maximum atomic E-state index is 4.53. The molecule has 1 fully saturated rings. The summed E-state index contributed by atoms with van der Waals surface area (Å²) in [4.78, 5) is 7.03. The third-order valence-electron chi connectivity index (χ3n) is 2.96. The number of rotatable bonds is 3. The van der Waals surface area contributed by atoms with E-state index in [1.165, 1.54) is 43.8 Å². The summed E-state index contributed by atoms with van der Waals surface area (Å²) < 4.78 is 0.975. The van der Waals surface area contributed by atoms with E-state index < -0.39 is 0 Å². The summed E-state index contributed by atoms with van der Waals surface area (Å²) in [6.45, 7) is 3.45. The summed E-state index contributed by atoms with van der Waals surface area (Å²) in [5.41, 5.74) is 0. The molecule has 15 heavy (non-hydrogen) atoms. The lowest BCUT2D eigenvalue weighted by atomic mass is 9.99. The molecule has 0 aromatic carbocycles. The van der Waals surface area contributed by atoms with E-state index in [0.29, 0.717) is 0 Å². The second kappa shape index (κ2) is 5.30. The number of piperidine rings is 1. The summed E-state index contributed by atoms with van der Waals surface area (Å²) in [6, 6.07) is 0.724. The zero-order chi connectivity index (χ0) is 10.7. The van der Waals surface area contributed by atoms with Crippen LogP contribution in [0.5, 0.6) is 0 Å². The minimum atomic E-state index is 0.724. The van der Waals surface area contributed by atoms with Gasteiger partial charge in [-0.3, -0.25) is 0 Å². The molecule has 0 aliphatic carbocycles. The Kier molecular flexibility index (Phi) is 4.03. The van der Waals surface area contributed by atoms with E-state index >= 15 is 0 Å². The van der Waals surface area contributed by atoms with E-state index in [1.54, 1.807) is 11.3 Å². The van der Waals surface area contributed by atoms with Crippen LogP contribution in [0.2, 0.25) is 0 Å². The van der Waals surface area contributed by atoms with Crippen molar-refractivity contribution >= 4 is 32.4 Å². The molecular weight excluding hydrogens is 272 g/mol. The molecule has 1 aromatic rings. The average molecular weight is 289 g/mol. The third-order valence-corrected chi connectivity index (χ3v) is 4.55. The van der Waals surface area contributed by atoms with Gasteiger partial charge in [0.2, 0.25) is 0 Å². The number of hydrogen-bond donors (Lipinski definition) is 0. The summed E-state index contributed by atoms with van der Waals surface area (Å²) in [5.74, 6) is 0. The molecule has 1 atom stereocenters. The fourth-order valence-corrected chi connectivity index (χ4v) is 3.61. The molecule has 4 heteroatoms. The normalized spacial score (nSPS) is 22.0. The zero-order valence-electron chi connectivity index (χ0n) is 9.08. The van der Waals surface area contributed by atoms with Gasteiger partial charge in [0.15, 0.2) is 5.13 Å². The highest BCUT2D eigenvalue weighted by Crippen LogP contribution is 2.30. The van der Waals surface area contributed by atoms with Crippen LogP contribution in [0, 0.1) is 0 Å². The Balaban J connectivity index is 2.10. The summed E-state index contributed by atoms with van der Waals surface area (Å²) >= 11 is 5.18. The number of aromatic nitrogens is 1. The van der Waals surface area contributed by atoms with Gasteiger partial charge in [0.1, 0.15) is 4.60 Å². The van der Waals surface area contributed by atoms with E-state index in [0.717, 1.165) is 10.6 Å². The fourth-order valence-electron chi connectivity index (χ4n) is 2.26. The minimum Gasteiger partial charge on any atom is -0.345 e. The van der Waals surface area contributed by atoms with Crippen molar-refractivity contribution in [2.45, 2.75) is 45.1 Å². The molecule has 0 saturated carbocycles. The van der Waals surface area contributed by atoms with E-state index in [-0.39, 0.29) is 0 Å². The van der Waals surface area contributed by atoms with Crippen molar-refractivity contribution in [1.29, 1.82) is 0 Å². The maximum absolute atomic E-state index is 4.53. The SMILES string of the molecule is CCCC1CCCCN1c1nc(Br)cs1. The van der Waals surface area contributed by atoms with Crippen molar-refractivity contribution in [3.05, 3.63) is 9.98 Å². The van der Waals surface area contributed by atoms with Gasteiger partial charge in [-0.1, -0.05) is 13.3 Å². The molecule has 1 aromatic heterocycles. The molecule has 0 bridgehead atoms. The lowest BCUT2D eigenvalue weighted by Crippen LogP contribution is -2.39. The van der Waals surface area contributed by atoms with Gasteiger partial charge in [-0.2, -0.15) is 0 Å². The molecule has 84 valence electrons. The van der Waals surface area contributed by atoms with E-state index in [1.807, 2.05) is 0 Å². The standard InChI is InChI=1S/C11H17BrN2S/c1-2-5-9-6-3-4-7-14(9)11-13-10(12)8-15-11/h8-9H,2-7H2,1H3. The van der Waals surface area contributed by atoms with E-state index in [2.05, 4.69) is 38.1 Å². The summed E-state index contributed by atoms with van der Waals surface area (Å²) in [6.07, 6.45) is 6.61. The first-order chi connectivity index (χ1) is 7.31. The van der Waals surface area contributed by atoms with Crippen molar-refractivity contribution in [2.75, 3.05) is 11.4 Å². The Hall–Kier alpha value is -0.0900. The Morgan fingerprint density at radius 1 is 1.60 bits per heavy atom. The topological polar surface area (TPSA) is 16.1 Å². The highest BCUT2D eigenvalue weighted by molar-refractivity contribution is 9.10. The summed E-state index contributed by atoms with van der Waals surface area (Å²) in [7, 11) is 0. The van der Waals surface area contributed by atoms with Crippen LogP contribution in [0.25, 0.3) is 0 Å². The number of nitrogens with zero attached hydrogens (tertiary/aromatic N) is 2. The Bertz CT molecular complexity index is 311. The Labute approximate surface area is 104 Å². The van der Waals surface area contributed by atoms with Crippen LogP contribution >= 0.6 is 27.3 Å². The first kappa shape index (κ1) is 11.4. The summed E-state index contributed by atoms with van der Waals surface area (Å²) in [5, 5.41) is 3.27. The average Bonchev–Trinajstić information content (AvgIpc) is 2.66. The van der Waals surface area contributed by atoms with E-state index in [9.17, 15) is 0 Å². The van der Waals surface area contributed by atoms with Crippen LogP contribution in [0.4, 0.5) is 5.13 Å². The van der Waals surface area contributed by atoms with Crippen LogP contribution in [0.15, 0.2) is 9.98 Å². The molecule has 0 radical (unpaired) electrons. The number of halogens is 1. The smallest absolute Gasteiger partial charge is 0.186 e. The van der Waals surface area contributed by atoms with Crippen LogP contribution in [0.1, 0.15) is 39.0 Å². The second-order valence-corrected chi connectivity index (χ2v) is 5.73. The van der Waals surface area contributed by atoms with Gasteiger partial charge in [-0.15, -0.1) is 11.3 Å². The molecule has 2 heterocycles. The molecule has 1 unspecified atom stereocenters. The van der Waals surface area contributed by atoms with Crippen molar-refractivity contribution in [1.82, 2.24) is 4.98 Å². The predicted molar refractivity (Wildman–Crippen MR) is 69.7 cm³/mol. The Morgan fingerprint density at radius 2 is 2.47 bits per heavy atom. The molecule has 0 N–H and O–H groups in total. The molecule has 2 rings (SSSR count). The van der Waals surface area contributed by atoms with Crippen molar-refractivity contribution in [3.63, 3.8) is 0 Å². The van der Waals surface area contributed by atoms with Crippen molar-refractivity contribution < 1.29 is 0 Å². The quantitative estimate of drug-likeness (QED) is 0.834. The predicted octanol–water partition coefficient (Wildman–Crippen LogP) is 4.06. The van der Waals surface area contributed by atoms with Crippen molar-refractivity contribution in [2.24, 2.45) is 0 Å². The number of anilines is 1. The third kappa shape index (κ3) is 2.72. The van der Waals surface area contributed by atoms with E-state index in [4.69, 9.17) is 0 Å². The monoisotopic (exact) mass is 288 g/mol. The molecule has 0 spiro atoms. The number of thiazole rings is 1. The lowest BCUT2D eigenvalue weighted by molar-refractivity contribution is 0.434. The van der Waals surface area contributed by atoms with Gasteiger partial charge in [0, 0.05) is 18.0 Å². The molecule has 1 aliphatic heterocycles. The molecule has 1 saturated heterocycles. The minimum absolute atomic E-state index is 0.724. The van der Waals surface area contributed by atoms with Crippen LogP contribution in [-0.2, 0) is 0 Å². The van der Waals surface area contributed by atoms with Crippen LogP contribution < -0.4 is 4.90 Å². The first-order valence-electron chi connectivity index (χ1n) is 5.69. The lowest BCUT2D eigenvalue weighted by Gasteiger charge is -2.35. The molecule has 0 amide bonds. The van der Waals surface area contributed by atoms with Crippen LogP contribution in [0.3, 0.4) is 0 Å². The zero-order valence-corrected chi connectivity index (χ0v) is 11.5. The van der Waals surface area contributed by atoms with Crippen LogP contribution in [-0.4, -0.2) is 17.6 Å². The maximum Gasteiger partial charge on any atom is 0.186 e.